The molecule has 304 valence electrons. The first-order valence-corrected chi connectivity index (χ1v) is 21.4. The number of rotatable bonds is 9. The van der Waals surface area contributed by atoms with Crippen LogP contribution in [0.3, 0.4) is 0 Å². The zero-order valence-corrected chi connectivity index (χ0v) is 33.8. The lowest BCUT2D eigenvalue weighted by molar-refractivity contribution is -0.141. The summed E-state index contributed by atoms with van der Waals surface area (Å²) in [6, 6.07) is 13.0. The number of urea groups is 1. The maximum atomic E-state index is 14.6. The molecule has 3 heterocycles. The molecule has 14 nitrogen and oxygen atoms in total. The summed E-state index contributed by atoms with van der Waals surface area (Å²) in [5.74, 6) is -1.56. The number of aryl methyl sites for hydroxylation is 1. The number of carbonyl (C=O) groups is 4. The van der Waals surface area contributed by atoms with Crippen LogP contribution in [0.5, 0.6) is 11.5 Å². The van der Waals surface area contributed by atoms with E-state index in [-0.39, 0.29) is 25.3 Å². The van der Waals surface area contributed by atoms with E-state index in [9.17, 15) is 27.6 Å². The minimum atomic E-state index is -3.90. The van der Waals surface area contributed by atoms with Gasteiger partial charge in [-0.1, -0.05) is 56.7 Å². The van der Waals surface area contributed by atoms with Crippen molar-refractivity contribution < 1.29 is 37.1 Å². The van der Waals surface area contributed by atoms with Gasteiger partial charge in [-0.25, -0.2) is 18.2 Å². The van der Waals surface area contributed by atoms with Gasteiger partial charge in [-0.15, -0.1) is 6.58 Å². The fraction of sp³-hybridized carbons (Fsp3) is 0.500. The van der Waals surface area contributed by atoms with Gasteiger partial charge >= 0.3 is 6.03 Å². The molecular weight excluding hydrogens is 749 g/mol. The van der Waals surface area contributed by atoms with E-state index in [1.807, 2.05) is 62.4 Å². The molecule has 57 heavy (non-hydrogen) atoms. The van der Waals surface area contributed by atoms with Gasteiger partial charge < -0.3 is 29.9 Å². The molecule has 4 bridgehead atoms. The zero-order valence-electron chi connectivity index (χ0n) is 33.0. The Bertz CT molecular complexity index is 2180. The zero-order chi connectivity index (χ0) is 40.6. The molecule has 1 saturated heterocycles. The van der Waals surface area contributed by atoms with Crippen LogP contribution in [0.4, 0.5) is 4.79 Å². The first-order valence-electron chi connectivity index (χ1n) is 19.8. The first kappa shape index (κ1) is 40.0. The molecule has 3 aromatic rings. The van der Waals surface area contributed by atoms with E-state index < -0.39 is 68.7 Å². The fourth-order valence-electron chi connectivity index (χ4n) is 7.96. The Balaban J connectivity index is 1.27. The number of hydrogen-bond acceptors (Lipinski definition) is 9. The van der Waals surface area contributed by atoms with Gasteiger partial charge in [0.05, 0.1) is 30.1 Å². The number of nitrogens with zero attached hydrogens (tertiary/aromatic N) is 3. The van der Waals surface area contributed by atoms with Gasteiger partial charge in [0.15, 0.2) is 0 Å². The molecule has 7 rings (SSSR count). The van der Waals surface area contributed by atoms with Crippen LogP contribution in [0.2, 0.25) is 0 Å². The Labute approximate surface area is 333 Å². The van der Waals surface area contributed by atoms with Crippen molar-refractivity contribution in [2.45, 2.75) is 94.2 Å². The van der Waals surface area contributed by atoms with Crippen LogP contribution in [0.1, 0.15) is 64.4 Å². The topological polar surface area (TPSA) is 176 Å². The molecule has 2 aliphatic carbocycles. The van der Waals surface area contributed by atoms with Crippen molar-refractivity contribution in [2.75, 3.05) is 27.2 Å². The number of sulfonamides is 1. The van der Waals surface area contributed by atoms with E-state index in [2.05, 4.69) is 21.9 Å². The van der Waals surface area contributed by atoms with E-state index in [0.29, 0.717) is 42.1 Å². The number of carbonyl (C=O) groups excluding carboxylic acids is 4. The molecule has 15 heteroatoms. The van der Waals surface area contributed by atoms with Gasteiger partial charge in [0.1, 0.15) is 35.2 Å². The van der Waals surface area contributed by atoms with Gasteiger partial charge in [0, 0.05) is 49.0 Å². The van der Waals surface area contributed by atoms with E-state index in [0.717, 1.165) is 42.2 Å². The SMILES string of the molecule is C=C[C@@H]1C[C@]1(NC(=O)[C@@H]1C[C@@H]2CN1C(=O)[C@H](C(C)C)NC(=O)N(C)CCCCCc1cc3c(cc(-c4ccccc4)nc3cc1OC)O2)C(=O)NS(=O)(=O)C1CC1. The van der Waals surface area contributed by atoms with Crippen LogP contribution in [-0.4, -0.2) is 103 Å². The van der Waals surface area contributed by atoms with Gasteiger partial charge in [0.2, 0.25) is 21.8 Å². The normalized spacial score (nSPS) is 25.6. The molecular formula is C42H52N6O8S. The molecule has 0 radical (unpaired) electrons. The predicted molar refractivity (Wildman–Crippen MR) is 215 cm³/mol. The second kappa shape index (κ2) is 16.0. The summed E-state index contributed by atoms with van der Waals surface area (Å²) in [4.78, 5) is 64.1. The summed E-state index contributed by atoms with van der Waals surface area (Å²) in [7, 11) is -0.579. The van der Waals surface area contributed by atoms with Crippen molar-refractivity contribution in [3.63, 3.8) is 0 Å². The number of pyridine rings is 1. The Kier molecular flexibility index (Phi) is 11.2. The molecule has 5 atom stereocenters. The largest absolute Gasteiger partial charge is 0.496 e. The fourth-order valence-corrected chi connectivity index (χ4v) is 9.32. The molecule has 2 saturated carbocycles. The molecule has 3 fully saturated rings. The third-order valence-electron chi connectivity index (χ3n) is 11.6. The second-order valence-electron chi connectivity index (χ2n) is 16.1. The lowest BCUT2D eigenvalue weighted by Gasteiger charge is -2.32. The Morgan fingerprint density at radius 1 is 1.11 bits per heavy atom. The van der Waals surface area contributed by atoms with Gasteiger partial charge in [-0.05, 0) is 56.1 Å². The minimum absolute atomic E-state index is 0.000505. The number of benzene rings is 2. The molecule has 3 N–H and O–H groups in total. The van der Waals surface area contributed by atoms with Crippen LogP contribution >= 0.6 is 0 Å². The van der Waals surface area contributed by atoms with E-state index in [1.54, 1.807) is 19.1 Å². The average Bonchev–Trinajstić information content (AvgIpc) is 4.12. The van der Waals surface area contributed by atoms with Crippen LogP contribution in [-0.2, 0) is 30.8 Å². The number of ether oxygens (including phenoxy) is 2. The van der Waals surface area contributed by atoms with Crippen LogP contribution in [0.15, 0.2) is 61.2 Å². The van der Waals surface area contributed by atoms with E-state index >= 15 is 0 Å². The van der Waals surface area contributed by atoms with E-state index in [4.69, 9.17) is 14.5 Å². The van der Waals surface area contributed by atoms with Crippen molar-refractivity contribution in [3.05, 3.63) is 66.7 Å². The predicted octanol–water partition coefficient (Wildman–Crippen LogP) is 4.32. The quantitative estimate of drug-likeness (QED) is 0.266. The number of amides is 5. The summed E-state index contributed by atoms with van der Waals surface area (Å²) in [5, 5.41) is 5.88. The number of aromatic nitrogens is 1. The summed E-state index contributed by atoms with van der Waals surface area (Å²) in [6.07, 6.45) is 5.14. The summed E-state index contributed by atoms with van der Waals surface area (Å²) >= 11 is 0. The lowest BCUT2D eigenvalue weighted by atomic mass is 10.0. The highest BCUT2D eigenvalue weighted by atomic mass is 32.2. The number of methoxy groups -OCH3 is 1. The maximum absolute atomic E-state index is 14.6. The monoisotopic (exact) mass is 800 g/mol. The molecule has 2 aliphatic heterocycles. The Hall–Kier alpha value is -5.18. The van der Waals surface area contributed by atoms with E-state index in [1.165, 1.54) is 11.0 Å². The van der Waals surface area contributed by atoms with Gasteiger partial charge in [-0.2, -0.15) is 0 Å². The average molecular weight is 801 g/mol. The maximum Gasteiger partial charge on any atom is 0.317 e. The summed E-state index contributed by atoms with van der Waals surface area (Å²) < 4.78 is 40.4. The minimum Gasteiger partial charge on any atom is -0.496 e. The summed E-state index contributed by atoms with van der Waals surface area (Å²) in [5.41, 5.74) is 1.63. The Morgan fingerprint density at radius 3 is 2.53 bits per heavy atom. The molecule has 5 amide bonds. The Morgan fingerprint density at radius 2 is 1.86 bits per heavy atom. The highest BCUT2D eigenvalue weighted by Gasteiger charge is 2.62. The molecule has 0 unspecified atom stereocenters. The van der Waals surface area contributed by atoms with Crippen LogP contribution < -0.4 is 24.8 Å². The highest BCUT2D eigenvalue weighted by Crippen LogP contribution is 2.46. The molecule has 0 spiro atoms. The number of nitrogens with one attached hydrogen (secondary N) is 3. The van der Waals surface area contributed by atoms with Gasteiger partial charge in [0.25, 0.3) is 5.91 Å². The van der Waals surface area contributed by atoms with Crippen LogP contribution in [0, 0.1) is 11.8 Å². The highest BCUT2D eigenvalue weighted by molar-refractivity contribution is 7.91. The molecule has 2 aromatic carbocycles. The standard InChI is InChI=1S/C42H52N6O8S/c1-6-28-23-42(28,40(51)46-57(53,54)30-16-17-30)45-38(49)34-20-29-24-48(34)39(50)37(25(2)3)44-41(52)47(4)18-12-8-11-15-27-19-31-33(22-35(27)55-5)43-32(21-36(31)56-29)26-13-9-7-10-14-26/h6-7,9-10,13-14,19,21-22,25,28-30,34,37H,1,8,11-12,15-18,20,23-24H2,2-5H3,(H,44,52)(H,45,49)(H,46,51)/t28-,29-,34+,37+,42-/m1/s1. The van der Waals surface area contributed by atoms with Crippen molar-refractivity contribution in [2.24, 2.45) is 11.8 Å². The number of fused-ring (bicyclic) bond motifs is 3. The van der Waals surface area contributed by atoms with Gasteiger partial charge in [-0.3, -0.25) is 19.1 Å². The third kappa shape index (κ3) is 8.30. The van der Waals surface area contributed by atoms with Crippen molar-refractivity contribution in [1.29, 1.82) is 0 Å². The smallest absolute Gasteiger partial charge is 0.317 e. The molecule has 4 aliphatic rings. The lowest BCUT2D eigenvalue weighted by Crippen LogP contribution is -2.59. The van der Waals surface area contributed by atoms with Crippen molar-refractivity contribution >= 4 is 44.7 Å². The number of hydrogen-bond donors (Lipinski definition) is 3. The second-order valence-corrected chi connectivity index (χ2v) is 18.1. The van der Waals surface area contributed by atoms with Crippen molar-refractivity contribution in [1.82, 2.24) is 30.1 Å². The van der Waals surface area contributed by atoms with Crippen LogP contribution in [0.25, 0.3) is 22.2 Å². The third-order valence-corrected chi connectivity index (χ3v) is 13.5. The van der Waals surface area contributed by atoms with Crippen molar-refractivity contribution in [3.8, 4) is 22.8 Å². The first-order chi connectivity index (χ1) is 27.2. The molecule has 1 aromatic heterocycles. The summed E-state index contributed by atoms with van der Waals surface area (Å²) in [6.45, 7) is 7.94.